The van der Waals surface area contributed by atoms with Gasteiger partial charge in [0.05, 0.1) is 0 Å². The van der Waals surface area contributed by atoms with Crippen molar-refractivity contribution in [2.75, 3.05) is 5.75 Å². The molecule has 0 saturated carbocycles. The molecular weight excluding hydrogens is 352 g/mol. The third-order valence-electron chi connectivity index (χ3n) is 5.55. The van der Waals surface area contributed by atoms with Gasteiger partial charge in [0.2, 0.25) is 0 Å². The second kappa shape index (κ2) is 23.9. The average molecular weight is 401 g/mol. The second-order valence-electron chi connectivity index (χ2n) is 8.29. The summed E-state index contributed by atoms with van der Waals surface area (Å²) in [4.78, 5) is 10.4. The topological polar surface area (TPSA) is 37.3 Å². The van der Waals surface area contributed by atoms with Crippen LogP contribution in [-0.2, 0) is 4.79 Å². The number of unbranched alkanes of at least 4 members (excludes halogenated alkanes) is 20. The molecule has 0 aliphatic carbocycles. The Morgan fingerprint density at radius 3 is 0.889 bits per heavy atom. The van der Waals surface area contributed by atoms with Crippen LogP contribution in [-0.4, -0.2) is 16.8 Å². The molecule has 0 aromatic carbocycles. The largest absolute Gasteiger partial charge is 0.481 e. The predicted octanol–water partition coefficient (Wildman–Crippen LogP) is 8.58. The van der Waals surface area contributed by atoms with Crippen LogP contribution in [0.15, 0.2) is 0 Å². The summed E-state index contributed by atoms with van der Waals surface area (Å²) in [6.45, 7) is 0. The van der Waals surface area contributed by atoms with E-state index in [1.165, 1.54) is 122 Å². The number of carboxylic acid groups (broad SMARTS) is 1. The highest BCUT2D eigenvalue weighted by molar-refractivity contribution is 7.80. The molecule has 2 nitrogen and oxygen atoms in total. The maximum absolute atomic E-state index is 10.4. The lowest BCUT2D eigenvalue weighted by Gasteiger charge is -2.04. The van der Waals surface area contributed by atoms with E-state index in [9.17, 15) is 4.79 Å². The van der Waals surface area contributed by atoms with Gasteiger partial charge in [-0.2, -0.15) is 12.6 Å². The number of thiol groups is 1. The first-order valence-corrected chi connectivity index (χ1v) is 12.7. The van der Waals surface area contributed by atoms with Gasteiger partial charge in [0.1, 0.15) is 0 Å². The van der Waals surface area contributed by atoms with E-state index in [1.807, 2.05) is 0 Å². The predicted molar refractivity (Wildman–Crippen MR) is 123 cm³/mol. The lowest BCUT2D eigenvalue weighted by Crippen LogP contribution is -1.93. The average Bonchev–Trinajstić information content (AvgIpc) is 2.65. The molecule has 0 radical (unpaired) electrons. The smallest absolute Gasteiger partial charge is 0.303 e. The minimum absolute atomic E-state index is 0.344. The Kier molecular flexibility index (Phi) is 23.7. The molecule has 0 bridgehead atoms. The highest BCUT2D eigenvalue weighted by Gasteiger charge is 1.97. The van der Waals surface area contributed by atoms with E-state index in [1.54, 1.807) is 0 Å². The monoisotopic (exact) mass is 400 g/mol. The van der Waals surface area contributed by atoms with E-state index < -0.39 is 5.97 Å². The van der Waals surface area contributed by atoms with E-state index >= 15 is 0 Å². The Morgan fingerprint density at radius 2 is 0.667 bits per heavy atom. The third-order valence-corrected chi connectivity index (χ3v) is 5.86. The van der Waals surface area contributed by atoms with Crippen LogP contribution in [0.1, 0.15) is 141 Å². The zero-order valence-electron chi connectivity index (χ0n) is 18.1. The normalized spacial score (nSPS) is 11.1. The number of hydrogen-bond donors (Lipinski definition) is 2. The van der Waals surface area contributed by atoms with Crippen molar-refractivity contribution in [1.29, 1.82) is 0 Å². The van der Waals surface area contributed by atoms with Gasteiger partial charge in [-0.15, -0.1) is 0 Å². The van der Waals surface area contributed by atoms with E-state index in [0.717, 1.165) is 18.6 Å². The van der Waals surface area contributed by atoms with Gasteiger partial charge in [0, 0.05) is 6.42 Å². The van der Waals surface area contributed by atoms with Crippen LogP contribution in [0.3, 0.4) is 0 Å². The highest BCUT2D eigenvalue weighted by Crippen LogP contribution is 2.15. The molecule has 0 unspecified atom stereocenters. The summed E-state index contributed by atoms with van der Waals surface area (Å²) in [5.41, 5.74) is 0. The second-order valence-corrected chi connectivity index (χ2v) is 8.74. The zero-order valence-corrected chi connectivity index (χ0v) is 19.0. The maximum Gasteiger partial charge on any atom is 0.303 e. The first kappa shape index (κ1) is 26.8. The lowest BCUT2D eigenvalue weighted by molar-refractivity contribution is -0.137. The molecule has 0 aliphatic heterocycles. The fourth-order valence-electron chi connectivity index (χ4n) is 3.75. The van der Waals surface area contributed by atoms with Crippen LogP contribution in [0, 0.1) is 0 Å². The van der Waals surface area contributed by atoms with Gasteiger partial charge in [-0.25, -0.2) is 0 Å². The molecule has 0 aromatic heterocycles. The molecule has 0 atom stereocenters. The van der Waals surface area contributed by atoms with Crippen molar-refractivity contribution < 1.29 is 9.90 Å². The van der Waals surface area contributed by atoms with Crippen molar-refractivity contribution >= 4 is 18.6 Å². The molecule has 0 amide bonds. The summed E-state index contributed by atoms with van der Waals surface area (Å²) < 4.78 is 0. The van der Waals surface area contributed by atoms with E-state index in [4.69, 9.17) is 5.11 Å². The molecule has 0 fully saturated rings. The SMILES string of the molecule is O=C(O)CCCCCCCCCCCCCCCCCCCCCCCS. The third kappa shape index (κ3) is 25.8. The quantitative estimate of drug-likeness (QED) is 0.133. The van der Waals surface area contributed by atoms with Gasteiger partial charge in [-0.1, -0.05) is 122 Å². The molecule has 0 rings (SSSR count). The van der Waals surface area contributed by atoms with E-state index in [0.29, 0.717) is 6.42 Å². The Hall–Kier alpha value is -0.180. The van der Waals surface area contributed by atoms with Crippen molar-refractivity contribution in [1.82, 2.24) is 0 Å². The Morgan fingerprint density at radius 1 is 0.444 bits per heavy atom. The van der Waals surface area contributed by atoms with Gasteiger partial charge in [-0.05, 0) is 18.6 Å². The van der Waals surface area contributed by atoms with Crippen LogP contribution < -0.4 is 0 Å². The molecular formula is C24H48O2S. The van der Waals surface area contributed by atoms with Crippen LogP contribution >= 0.6 is 12.6 Å². The van der Waals surface area contributed by atoms with Gasteiger partial charge in [0.15, 0.2) is 0 Å². The number of hydrogen-bond acceptors (Lipinski definition) is 2. The molecule has 0 spiro atoms. The van der Waals surface area contributed by atoms with E-state index in [-0.39, 0.29) is 0 Å². The van der Waals surface area contributed by atoms with Crippen molar-refractivity contribution in [3.8, 4) is 0 Å². The summed E-state index contributed by atoms with van der Waals surface area (Å²) in [5.74, 6) is 0.401. The Bertz CT molecular complexity index is 294. The molecule has 27 heavy (non-hydrogen) atoms. The van der Waals surface area contributed by atoms with Crippen LogP contribution in [0.25, 0.3) is 0 Å². The van der Waals surface area contributed by atoms with Gasteiger partial charge >= 0.3 is 5.97 Å². The molecule has 162 valence electrons. The van der Waals surface area contributed by atoms with Crippen LogP contribution in [0.2, 0.25) is 0 Å². The zero-order chi connectivity index (χ0) is 19.8. The summed E-state index contributed by atoms with van der Waals surface area (Å²) in [5, 5.41) is 8.58. The highest BCUT2D eigenvalue weighted by atomic mass is 32.1. The van der Waals surface area contributed by atoms with Crippen molar-refractivity contribution in [3.63, 3.8) is 0 Å². The number of carbonyl (C=O) groups is 1. The molecule has 1 N–H and O–H groups in total. The number of aliphatic carboxylic acids is 1. The summed E-state index contributed by atoms with van der Waals surface area (Å²) in [7, 11) is 0. The van der Waals surface area contributed by atoms with Gasteiger partial charge in [0.25, 0.3) is 0 Å². The molecule has 0 aromatic rings. The Labute approximate surface area is 175 Å². The first-order valence-electron chi connectivity index (χ1n) is 12.1. The molecule has 0 aliphatic rings. The first-order chi connectivity index (χ1) is 13.3. The minimum Gasteiger partial charge on any atom is -0.481 e. The molecule has 0 saturated heterocycles. The number of rotatable bonds is 23. The van der Waals surface area contributed by atoms with Crippen molar-refractivity contribution in [2.45, 2.75) is 141 Å². The summed E-state index contributed by atoms with van der Waals surface area (Å²) >= 11 is 4.26. The van der Waals surface area contributed by atoms with Crippen LogP contribution in [0.4, 0.5) is 0 Å². The van der Waals surface area contributed by atoms with Crippen LogP contribution in [0.5, 0.6) is 0 Å². The number of carboxylic acids is 1. The molecule has 0 heterocycles. The van der Waals surface area contributed by atoms with E-state index in [2.05, 4.69) is 12.6 Å². The van der Waals surface area contributed by atoms with Crippen molar-refractivity contribution in [2.24, 2.45) is 0 Å². The maximum atomic E-state index is 10.4. The molecule has 3 heteroatoms. The summed E-state index contributed by atoms with van der Waals surface area (Å²) in [6, 6.07) is 0. The standard InChI is InChI=1S/C24H48O2S/c25-24(26)22-20-18-16-14-12-10-8-6-4-2-1-3-5-7-9-11-13-15-17-19-21-23-27/h27H,1-23H2,(H,25,26). The minimum atomic E-state index is -0.652. The summed E-state index contributed by atoms with van der Waals surface area (Å²) in [6.07, 6.45) is 28.7. The lowest BCUT2D eigenvalue weighted by atomic mass is 10.0. The van der Waals surface area contributed by atoms with Gasteiger partial charge < -0.3 is 5.11 Å². The Balaban J connectivity index is 2.98. The fourth-order valence-corrected chi connectivity index (χ4v) is 3.97. The fraction of sp³-hybridized carbons (Fsp3) is 0.958. The van der Waals surface area contributed by atoms with Gasteiger partial charge in [-0.3, -0.25) is 4.79 Å². The van der Waals surface area contributed by atoms with Crippen molar-refractivity contribution in [3.05, 3.63) is 0 Å².